The molecule has 12 nitrogen and oxygen atoms in total. The number of amides is 1. The molecule has 52 heavy (non-hydrogen) atoms. The van der Waals surface area contributed by atoms with Gasteiger partial charge in [0.25, 0.3) is 0 Å². The minimum absolute atomic E-state index is 0.0609. The zero-order chi connectivity index (χ0) is 36.8. The molecule has 0 unspecified atom stereocenters. The quantitative estimate of drug-likeness (QED) is 0.117. The van der Waals surface area contributed by atoms with Crippen LogP contribution < -0.4 is 10.2 Å². The number of carbonyl (C=O) groups excluding carboxylic acids is 3. The van der Waals surface area contributed by atoms with Crippen LogP contribution in [0.4, 0.5) is 11.6 Å². The van der Waals surface area contributed by atoms with Gasteiger partial charge in [-0.3, -0.25) is 19.3 Å². The minimum Gasteiger partial charge on any atom is -0.461 e. The van der Waals surface area contributed by atoms with Gasteiger partial charge in [0.15, 0.2) is 5.16 Å². The number of H-pyrrole nitrogens is 1. The van der Waals surface area contributed by atoms with E-state index in [2.05, 4.69) is 62.4 Å². The highest BCUT2D eigenvalue weighted by molar-refractivity contribution is 7.99. The van der Waals surface area contributed by atoms with Gasteiger partial charge in [0.1, 0.15) is 29.2 Å². The fourth-order valence-corrected chi connectivity index (χ4v) is 10.6. The zero-order valence-electron chi connectivity index (χ0n) is 30.6. The zero-order valence-corrected chi connectivity index (χ0v) is 31.5. The van der Waals surface area contributed by atoms with E-state index in [0.29, 0.717) is 34.8 Å². The van der Waals surface area contributed by atoms with Gasteiger partial charge in [-0.25, -0.2) is 15.0 Å². The number of rotatable bonds is 9. The molecule has 4 aliphatic rings. The molecule has 3 N–H and O–H groups in total. The molecule has 2 bridgehead atoms. The highest BCUT2D eigenvalue weighted by Gasteiger charge is 2.68. The fourth-order valence-electron chi connectivity index (χ4n) is 9.95. The molecule has 4 heterocycles. The number of carbonyl (C=O) groups is 3. The summed E-state index contributed by atoms with van der Waals surface area (Å²) in [7, 11) is 0. The molecule has 1 amide bonds. The summed E-state index contributed by atoms with van der Waals surface area (Å²) in [6, 6.07) is 7.69. The molecular weight excluding hydrogens is 679 g/mol. The summed E-state index contributed by atoms with van der Waals surface area (Å²) < 4.78 is 6.41. The van der Waals surface area contributed by atoms with E-state index in [0.717, 1.165) is 63.0 Å². The Labute approximate surface area is 309 Å². The number of esters is 1. The van der Waals surface area contributed by atoms with Gasteiger partial charge in [-0.1, -0.05) is 51.6 Å². The number of aliphatic hydroxyl groups is 1. The van der Waals surface area contributed by atoms with E-state index in [-0.39, 0.29) is 47.2 Å². The van der Waals surface area contributed by atoms with Crippen LogP contribution in [-0.4, -0.2) is 98.3 Å². The average Bonchev–Trinajstić information content (AvgIpc) is 3.77. The first kappa shape index (κ1) is 36.5. The molecule has 7 rings (SSSR count). The Balaban J connectivity index is 1.04. The summed E-state index contributed by atoms with van der Waals surface area (Å²) in [5, 5.41) is 15.8. The van der Waals surface area contributed by atoms with Crippen molar-refractivity contribution in [2.75, 3.05) is 48.7 Å². The van der Waals surface area contributed by atoms with Crippen molar-refractivity contribution in [1.82, 2.24) is 24.8 Å². The van der Waals surface area contributed by atoms with Crippen molar-refractivity contribution < 1.29 is 24.2 Å². The van der Waals surface area contributed by atoms with E-state index in [4.69, 9.17) is 4.74 Å². The number of pyridine rings is 1. The Bertz CT molecular complexity index is 1830. The molecule has 1 saturated heterocycles. The number of aromatic amines is 1. The third kappa shape index (κ3) is 6.42. The maximum absolute atomic E-state index is 13.8. The molecule has 0 radical (unpaired) electrons. The van der Waals surface area contributed by atoms with E-state index in [1.54, 1.807) is 18.5 Å². The maximum atomic E-state index is 13.8. The molecule has 0 spiro atoms. The average molecular weight is 730 g/mol. The van der Waals surface area contributed by atoms with E-state index in [1.165, 1.54) is 0 Å². The second kappa shape index (κ2) is 14.2. The van der Waals surface area contributed by atoms with Crippen LogP contribution in [0.2, 0.25) is 0 Å². The van der Waals surface area contributed by atoms with Crippen molar-refractivity contribution in [3.8, 4) is 0 Å². The van der Waals surface area contributed by atoms with Gasteiger partial charge >= 0.3 is 5.97 Å². The lowest BCUT2D eigenvalue weighted by Gasteiger charge is -2.61. The molecule has 4 fully saturated rings. The Morgan fingerprint density at radius 3 is 2.67 bits per heavy atom. The smallest absolute Gasteiger partial charge is 0.316 e. The van der Waals surface area contributed by atoms with Gasteiger partial charge in [-0.15, -0.1) is 6.58 Å². The van der Waals surface area contributed by atoms with Crippen molar-refractivity contribution >= 4 is 52.1 Å². The van der Waals surface area contributed by atoms with Crippen molar-refractivity contribution in [3.05, 3.63) is 49.3 Å². The van der Waals surface area contributed by atoms with Gasteiger partial charge in [0, 0.05) is 61.7 Å². The van der Waals surface area contributed by atoms with Crippen molar-refractivity contribution in [2.24, 2.45) is 34.0 Å². The fraction of sp³-hybridized carbons (Fsp3) is 0.590. The monoisotopic (exact) mass is 729 g/mol. The summed E-state index contributed by atoms with van der Waals surface area (Å²) in [5.74, 6) is 0.618. The first-order valence-corrected chi connectivity index (χ1v) is 19.6. The summed E-state index contributed by atoms with van der Waals surface area (Å²) in [6.45, 7) is 15.7. The van der Waals surface area contributed by atoms with Crippen molar-refractivity contribution in [1.29, 1.82) is 0 Å². The second-order valence-electron chi connectivity index (χ2n) is 15.9. The van der Waals surface area contributed by atoms with Crippen molar-refractivity contribution in [3.63, 3.8) is 0 Å². The lowest BCUT2D eigenvalue weighted by atomic mass is 9.44. The number of aromatic nitrogens is 4. The minimum atomic E-state index is -0.724. The molecular formula is C39H51N7O5S. The SMILES string of the molecule is C=C[C@]1(C)C[C@@H](OC(=O)CSc2nc(NC(=O)CN3CCN(c4ccccn4)CC3)c3cc[nH]c3n2)[C@]2(C)[C@H](C)CC[C@]3(CCC(=O)[C@H]32)[C@@H](C)[C@@H]1O. The molecule has 0 aromatic carbocycles. The predicted octanol–water partition coefficient (Wildman–Crippen LogP) is 5.11. The summed E-state index contributed by atoms with van der Waals surface area (Å²) in [4.78, 5) is 61.9. The van der Waals surface area contributed by atoms with E-state index in [1.807, 2.05) is 31.2 Å². The largest absolute Gasteiger partial charge is 0.461 e. The molecule has 3 aromatic rings. The lowest BCUT2D eigenvalue weighted by molar-refractivity contribution is -0.205. The van der Waals surface area contributed by atoms with E-state index in [9.17, 15) is 19.5 Å². The number of hydrogen-bond donors (Lipinski definition) is 3. The van der Waals surface area contributed by atoms with Gasteiger partial charge in [-0.2, -0.15) is 0 Å². The summed E-state index contributed by atoms with van der Waals surface area (Å²) in [5.41, 5.74) is -1.08. The maximum Gasteiger partial charge on any atom is 0.316 e. The van der Waals surface area contributed by atoms with Gasteiger partial charge in [-0.05, 0) is 61.1 Å². The molecule has 3 aliphatic carbocycles. The van der Waals surface area contributed by atoms with Crippen LogP contribution in [0, 0.1) is 34.0 Å². The number of Topliss-reactive ketones (excluding diaryl/α,β-unsaturated/α-hetero) is 1. The summed E-state index contributed by atoms with van der Waals surface area (Å²) in [6.07, 6.45) is 7.41. The Morgan fingerprint density at radius 1 is 1.15 bits per heavy atom. The van der Waals surface area contributed by atoms with E-state index >= 15 is 0 Å². The molecule has 13 heteroatoms. The van der Waals surface area contributed by atoms with E-state index < -0.39 is 29.0 Å². The highest BCUT2D eigenvalue weighted by atomic mass is 32.2. The van der Waals surface area contributed by atoms with Gasteiger partial charge in [0.05, 0.1) is 23.8 Å². The van der Waals surface area contributed by atoms with Crippen LogP contribution in [-0.2, 0) is 19.1 Å². The first-order valence-electron chi connectivity index (χ1n) is 18.6. The van der Waals surface area contributed by atoms with Gasteiger partial charge in [0.2, 0.25) is 5.91 Å². The number of ether oxygens (including phenoxy) is 1. The third-order valence-corrected chi connectivity index (χ3v) is 14.1. The number of hydrogen-bond acceptors (Lipinski definition) is 11. The molecule has 1 aliphatic heterocycles. The first-order chi connectivity index (χ1) is 24.9. The number of anilines is 2. The van der Waals surface area contributed by atoms with Crippen LogP contribution in [0.1, 0.15) is 59.8 Å². The number of nitrogens with one attached hydrogen (secondary N) is 2. The van der Waals surface area contributed by atoms with Crippen LogP contribution in [0.5, 0.6) is 0 Å². The number of fused-ring (bicyclic) bond motifs is 1. The number of ketones is 1. The Hall–Kier alpha value is -3.81. The van der Waals surface area contributed by atoms with Crippen LogP contribution in [0.15, 0.2) is 54.5 Å². The van der Waals surface area contributed by atoms with Crippen LogP contribution in [0.25, 0.3) is 11.0 Å². The van der Waals surface area contributed by atoms with Crippen LogP contribution in [0.3, 0.4) is 0 Å². The lowest BCUT2D eigenvalue weighted by Crippen LogP contribution is -2.63. The third-order valence-electron chi connectivity index (χ3n) is 13.3. The number of nitrogens with zero attached hydrogens (tertiary/aromatic N) is 5. The highest BCUT2D eigenvalue weighted by Crippen LogP contribution is 2.68. The molecule has 8 atom stereocenters. The predicted molar refractivity (Wildman–Crippen MR) is 201 cm³/mol. The van der Waals surface area contributed by atoms with Crippen LogP contribution >= 0.6 is 11.8 Å². The molecule has 3 aromatic heterocycles. The molecule has 278 valence electrons. The number of aliphatic hydroxyl groups excluding tert-OH is 1. The Kier molecular flexibility index (Phi) is 9.98. The number of thioether (sulfide) groups is 1. The summed E-state index contributed by atoms with van der Waals surface area (Å²) >= 11 is 1.14. The second-order valence-corrected chi connectivity index (χ2v) is 16.9. The van der Waals surface area contributed by atoms with Gasteiger partial charge < -0.3 is 25.0 Å². The Morgan fingerprint density at radius 2 is 1.94 bits per heavy atom. The standard InChI is InChI=1S/C39H51N7O5S/c1-6-37(4)21-28(38(5)24(2)10-13-39(25(3)33(37)50)14-11-27(47)32(38)39)51-31(49)23-52-36-43-34-26(12-16-41-34)35(44-36)42-30(48)22-45-17-19-46(20-18-45)29-9-7-8-15-40-29/h6-9,12,15-16,24-25,28,32-33,50H,1,10-11,13-14,17-23H2,2-5H3,(H2,41,42,43,44,48)/t24-,25+,28-,32+,33+,37-,38+,39+/m1/s1. The van der Waals surface area contributed by atoms with Crippen molar-refractivity contribution in [2.45, 2.75) is 77.2 Å². The topological polar surface area (TPSA) is 154 Å². The molecule has 3 saturated carbocycles. The number of piperazine rings is 1. The normalized spacial score (nSPS) is 33.6.